The van der Waals surface area contributed by atoms with Gasteiger partial charge in [0, 0.05) is 24.2 Å². The van der Waals surface area contributed by atoms with Gasteiger partial charge in [-0.05, 0) is 41.7 Å². The first-order chi connectivity index (χ1) is 15.9. The van der Waals surface area contributed by atoms with Crippen molar-refractivity contribution in [1.29, 1.82) is 0 Å². The molecule has 0 bridgehead atoms. The minimum absolute atomic E-state index is 0.0182. The van der Waals surface area contributed by atoms with Crippen LogP contribution in [0.3, 0.4) is 0 Å². The molecule has 2 N–H and O–H groups in total. The van der Waals surface area contributed by atoms with Crippen LogP contribution < -0.4 is 10.0 Å². The number of benzene rings is 3. The maximum absolute atomic E-state index is 13.0. The third kappa shape index (κ3) is 4.03. The maximum atomic E-state index is 13.0. The Bertz CT molecular complexity index is 1340. The molecular formula is C25H23N3O4S. The number of rotatable bonds is 6. The van der Waals surface area contributed by atoms with Gasteiger partial charge >= 0.3 is 0 Å². The van der Waals surface area contributed by atoms with Gasteiger partial charge in [-0.15, -0.1) is 0 Å². The summed E-state index contributed by atoms with van der Waals surface area (Å²) < 4.78 is 28.6. The SMILES string of the molecule is O=[N+]([O-])c1ccccc1C1Nc2ccc(S(=O)(=O)NCc3ccccc3)cc2C2C=CCC21. The van der Waals surface area contributed by atoms with E-state index in [1.807, 2.05) is 36.4 Å². The summed E-state index contributed by atoms with van der Waals surface area (Å²) in [5, 5.41) is 15.1. The molecular weight excluding hydrogens is 438 g/mol. The number of hydrogen-bond acceptors (Lipinski definition) is 5. The highest BCUT2D eigenvalue weighted by Gasteiger charge is 2.40. The molecule has 0 radical (unpaired) electrons. The lowest BCUT2D eigenvalue weighted by Gasteiger charge is -2.37. The molecule has 33 heavy (non-hydrogen) atoms. The van der Waals surface area contributed by atoms with Gasteiger partial charge in [0.25, 0.3) is 5.69 Å². The largest absolute Gasteiger partial charge is 0.377 e. The Labute approximate surface area is 192 Å². The van der Waals surface area contributed by atoms with E-state index in [0.29, 0.717) is 5.56 Å². The molecule has 8 heteroatoms. The highest BCUT2D eigenvalue weighted by molar-refractivity contribution is 7.89. The van der Waals surface area contributed by atoms with E-state index in [2.05, 4.69) is 22.2 Å². The number of sulfonamides is 1. The molecule has 3 aromatic rings. The fourth-order valence-electron chi connectivity index (χ4n) is 4.82. The molecule has 0 saturated carbocycles. The van der Waals surface area contributed by atoms with Gasteiger partial charge in [-0.1, -0.05) is 60.7 Å². The van der Waals surface area contributed by atoms with E-state index < -0.39 is 10.0 Å². The van der Waals surface area contributed by atoms with E-state index in [0.717, 1.165) is 23.2 Å². The first-order valence-electron chi connectivity index (χ1n) is 10.8. The molecule has 1 heterocycles. The molecule has 1 aliphatic carbocycles. The van der Waals surface area contributed by atoms with Crippen LogP contribution in [-0.2, 0) is 16.6 Å². The normalized spacial score (nSPS) is 21.2. The van der Waals surface area contributed by atoms with Crippen molar-refractivity contribution >= 4 is 21.4 Å². The van der Waals surface area contributed by atoms with Gasteiger partial charge in [-0.3, -0.25) is 10.1 Å². The molecule has 1 aliphatic heterocycles. The van der Waals surface area contributed by atoms with E-state index in [-0.39, 0.29) is 39.9 Å². The van der Waals surface area contributed by atoms with Crippen molar-refractivity contribution in [3.8, 4) is 0 Å². The Morgan fingerprint density at radius 1 is 1.00 bits per heavy atom. The number of nitrogens with zero attached hydrogens (tertiary/aromatic N) is 1. The lowest BCUT2D eigenvalue weighted by molar-refractivity contribution is -0.385. The number of fused-ring (bicyclic) bond motifs is 3. The van der Waals surface area contributed by atoms with Gasteiger partial charge in [0.05, 0.1) is 21.4 Å². The van der Waals surface area contributed by atoms with Gasteiger partial charge in [0.2, 0.25) is 10.0 Å². The van der Waals surface area contributed by atoms with Crippen LogP contribution in [-0.4, -0.2) is 13.3 Å². The molecule has 3 unspecified atom stereocenters. The number of nitro groups is 1. The number of anilines is 1. The average molecular weight is 462 g/mol. The van der Waals surface area contributed by atoms with Gasteiger partial charge in [-0.25, -0.2) is 13.1 Å². The van der Waals surface area contributed by atoms with Gasteiger partial charge in [0.15, 0.2) is 0 Å². The van der Waals surface area contributed by atoms with Crippen LogP contribution in [0.25, 0.3) is 0 Å². The molecule has 0 aromatic heterocycles. The third-order valence-corrected chi connectivity index (χ3v) is 7.82. The predicted molar refractivity (Wildman–Crippen MR) is 126 cm³/mol. The number of nitro benzene ring substituents is 1. The zero-order valence-corrected chi connectivity index (χ0v) is 18.5. The number of nitrogens with one attached hydrogen (secondary N) is 2. The highest BCUT2D eigenvalue weighted by Crippen LogP contribution is 2.51. The minimum atomic E-state index is -3.70. The van der Waals surface area contributed by atoms with E-state index in [9.17, 15) is 18.5 Å². The Kier molecular flexibility index (Phi) is 5.47. The first-order valence-corrected chi connectivity index (χ1v) is 12.3. The molecule has 168 valence electrons. The molecule has 7 nitrogen and oxygen atoms in total. The molecule has 3 aromatic carbocycles. The molecule has 0 fully saturated rings. The molecule has 2 aliphatic rings. The van der Waals surface area contributed by atoms with Crippen LogP contribution in [0.15, 0.2) is 89.8 Å². The Morgan fingerprint density at radius 2 is 1.76 bits per heavy atom. The third-order valence-electron chi connectivity index (χ3n) is 6.42. The van der Waals surface area contributed by atoms with Crippen molar-refractivity contribution in [2.75, 3.05) is 5.32 Å². The number of hydrogen-bond donors (Lipinski definition) is 2. The fraction of sp³-hybridized carbons (Fsp3) is 0.200. The zero-order chi connectivity index (χ0) is 23.0. The van der Waals surface area contributed by atoms with Crippen LogP contribution in [0.4, 0.5) is 11.4 Å². The lowest BCUT2D eigenvalue weighted by atomic mass is 9.76. The fourth-order valence-corrected chi connectivity index (χ4v) is 5.87. The monoisotopic (exact) mass is 461 g/mol. The first kappa shape index (κ1) is 21.4. The summed E-state index contributed by atoms with van der Waals surface area (Å²) in [6, 6.07) is 21.0. The second kappa shape index (κ2) is 8.46. The van der Waals surface area contributed by atoms with Crippen molar-refractivity contribution in [3.05, 3.63) is 112 Å². The Morgan fingerprint density at radius 3 is 2.55 bits per heavy atom. The summed E-state index contributed by atoms with van der Waals surface area (Å²) >= 11 is 0. The quantitative estimate of drug-likeness (QED) is 0.309. The van der Waals surface area contributed by atoms with Crippen molar-refractivity contribution in [2.45, 2.75) is 29.8 Å². The number of para-hydroxylation sites is 1. The summed E-state index contributed by atoms with van der Waals surface area (Å²) in [4.78, 5) is 11.5. The molecule has 0 saturated heterocycles. The Balaban J connectivity index is 1.46. The van der Waals surface area contributed by atoms with Crippen LogP contribution in [0.1, 0.15) is 35.1 Å². The molecule has 0 amide bonds. The van der Waals surface area contributed by atoms with E-state index in [4.69, 9.17) is 0 Å². The summed E-state index contributed by atoms with van der Waals surface area (Å²) in [5.74, 6) is 0.0455. The van der Waals surface area contributed by atoms with Crippen LogP contribution in [0.2, 0.25) is 0 Å². The Hall–Kier alpha value is -3.49. The molecule has 5 rings (SSSR count). The highest BCUT2D eigenvalue weighted by atomic mass is 32.2. The smallest absolute Gasteiger partial charge is 0.274 e. The van der Waals surface area contributed by atoms with Gasteiger partial charge in [-0.2, -0.15) is 0 Å². The number of allylic oxidation sites excluding steroid dienone is 2. The minimum Gasteiger partial charge on any atom is -0.377 e. The summed E-state index contributed by atoms with van der Waals surface area (Å²) in [6.45, 7) is 0.213. The van der Waals surface area contributed by atoms with Gasteiger partial charge < -0.3 is 5.32 Å². The van der Waals surface area contributed by atoms with Crippen molar-refractivity contribution < 1.29 is 13.3 Å². The lowest BCUT2D eigenvalue weighted by Crippen LogP contribution is -2.30. The van der Waals surface area contributed by atoms with Crippen LogP contribution in [0, 0.1) is 16.0 Å². The summed E-state index contributed by atoms with van der Waals surface area (Å²) in [5.41, 5.74) is 3.31. The predicted octanol–water partition coefficient (Wildman–Crippen LogP) is 4.90. The summed E-state index contributed by atoms with van der Waals surface area (Å²) in [6.07, 6.45) is 4.92. The maximum Gasteiger partial charge on any atom is 0.274 e. The summed E-state index contributed by atoms with van der Waals surface area (Å²) in [7, 11) is -3.70. The van der Waals surface area contributed by atoms with E-state index in [1.54, 1.807) is 30.3 Å². The van der Waals surface area contributed by atoms with E-state index in [1.165, 1.54) is 6.07 Å². The topological polar surface area (TPSA) is 101 Å². The second-order valence-electron chi connectivity index (χ2n) is 8.35. The van der Waals surface area contributed by atoms with Gasteiger partial charge in [0.1, 0.15) is 0 Å². The molecule has 3 atom stereocenters. The second-order valence-corrected chi connectivity index (χ2v) is 10.1. The zero-order valence-electron chi connectivity index (χ0n) is 17.7. The van der Waals surface area contributed by atoms with E-state index >= 15 is 0 Å². The van der Waals surface area contributed by atoms with Crippen molar-refractivity contribution in [2.24, 2.45) is 5.92 Å². The molecule has 0 spiro atoms. The van der Waals surface area contributed by atoms with Crippen molar-refractivity contribution in [3.63, 3.8) is 0 Å². The van der Waals surface area contributed by atoms with Crippen LogP contribution in [0.5, 0.6) is 0 Å². The van der Waals surface area contributed by atoms with Crippen molar-refractivity contribution in [1.82, 2.24) is 4.72 Å². The van der Waals surface area contributed by atoms with Crippen LogP contribution >= 0.6 is 0 Å². The standard InChI is InChI=1S/C25H23N3O4S/c29-28(30)24-12-5-4-9-21(24)25-20-11-6-10-19(20)22-15-18(13-14-23(22)27-25)33(31,32)26-16-17-7-2-1-3-8-17/h1-10,12-15,19-20,25-27H,11,16H2. The average Bonchev–Trinajstić information content (AvgIpc) is 3.33.